The molecule has 10 aromatic carbocycles. The van der Waals surface area contributed by atoms with Crippen molar-refractivity contribution in [3.05, 3.63) is 258 Å². The third-order valence-corrected chi connectivity index (χ3v) is 12.9. The molecular weight excluding hydrogens is 835 g/mol. The van der Waals surface area contributed by atoms with Gasteiger partial charge in [0.25, 0.3) is 0 Å². The first kappa shape index (κ1) is 42.1. The molecule has 0 heterocycles. The Morgan fingerprint density at radius 2 is 0.926 bits per heavy atom. The molecule has 0 amide bonds. The van der Waals surface area contributed by atoms with Gasteiger partial charge in [0.15, 0.2) is 0 Å². The third-order valence-electron chi connectivity index (χ3n) is 12.9. The van der Waals surface area contributed by atoms with E-state index in [-0.39, 0.29) is 11.6 Å². The number of rotatable bonds is 10. The molecule has 0 aromatic heterocycles. The van der Waals surface area contributed by atoms with Crippen LogP contribution >= 0.6 is 0 Å². The van der Waals surface area contributed by atoms with Crippen LogP contribution in [0.3, 0.4) is 0 Å². The normalized spacial score (nSPS) is 12.1. The second-order valence-electron chi connectivity index (χ2n) is 16.8. The van der Waals surface area contributed by atoms with Crippen LogP contribution in [-0.2, 0) is 0 Å². The van der Waals surface area contributed by atoms with Crippen molar-refractivity contribution >= 4 is 55.7 Å². The van der Waals surface area contributed by atoms with Gasteiger partial charge in [-0.2, -0.15) is 0 Å². The maximum absolute atomic E-state index is 17.5. The van der Waals surface area contributed by atoms with Crippen LogP contribution in [0.5, 0.6) is 0 Å². The first-order chi connectivity index (χ1) is 33.6. The number of allylic oxidation sites excluding steroid dienone is 3. The third kappa shape index (κ3) is 7.38. The fourth-order valence-electron chi connectivity index (χ4n) is 9.89. The van der Waals surface area contributed by atoms with Crippen LogP contribution in [0, 0.1) is 11.6 Å². The maximum atomic E-state index is 17.5. The van der Waals surface area contributed by atoms with Crippen LogP contribution in [0.4, 0.5) is 37.2 Å². The summed E-state index contributed by atoms with van der Waals surface area (Å²) in [6.45, 7) is 4.00. The Hall–Kier alpha value is -8.56. The molecule has 68 heavy (non-hydrogen) atoms. The van der Waals surface area contributed by atoms with E-state index in [0.717, 1.165) is 99.2 Å². The fourth-order valence-corrected chi connectivity index (χ4v) is 9.89. The monoisotopic (exact) mass is 880 g/mol. The maximum Gasteiger partial charge on any atom is 0.148 e. The summed E-state index contributed by atoms with van der Waals surface area (Å²) in [6.07, 6.45) is 6.87. The summed E-state index contributed by atoms with van der Waals surface area (Å²) in [5.74, 6) is -0.656. The molecule has 0 unspecified atom stereocenters. The molecule has 2 aliphatic carbocycles. The van der Waals surface area contributed by atoms with Crippen LogP contribution in [0.1, 0.15) is 20.3 Å². The molecule has 2 aliphatic rings. The molecule has 0 N–H and O–H groups in total. The average molecular weight is 881 g/mol. The number of nitrogens with zero attached hydrogens (tertiary/aromatic N) is 2. The number of para-hydroxylation sites is 1. The Morgan fingerprint density at radius 3 is 1.46 bits per heavy atom. The lowest BCUT2D eigenvalue weighted by Gasteiger charge is -2.30. The second-order valence-corrected chi connectivity index (χ2v) is 16.8. The van der Waals surface area contributed by atoms with Crippen molar-refractivity contribution in [1.82, 2.24) is 0 Å². The van der Waals surface area contributed by atoms with E-state index in [1.165, 1.54) is 0 Å². The lowest BCUT2D eigenvalue weighted by Crippen LogP contribution is -2.24. The summed E-state index contributed by atoms with van der Waals surface area (Å²) in [5.41, 5.74) is 15.1. The predicted molar refractivity (Wildman–Crippen MR) is 281 cm³/mol. The van der Waals surface area contributed by atoms with Gasteiger partial charge in [-0.1, -0.05) is 184 Å². The Morgan fingerprint density at radius 1 is 0.441 bits per heavy atom. The van der Waals surface area contributed by atoms with Crippen LogP contribution in [-0.4, -0.2) is 0 Å². The van der Waals surface area contributed by atoms with E-state index in [9.17, 15) is 0 Å². The molecule has 12 rings (SSSR count). The summed E-state index contributed by atoms with van der Waals surface area (Å²) in [6, 6.07) is 70.4. The van der Waals surface area contributed by atoms with Gasteiger partial charge in [0.1, 0.15) is 11.6 Å². The van der Waals surface area contributed by atoms with Crippen molar-refractivity contribution < 1.29 is 8.78 Å². The van der Waals surface area contributed by atoms with E-state index in [2.05, 4.69) is 76.2 Å². The van der Waals surface area contributed by atoms with Crippen LogP contribution in [0.2, 0.25) is 0 Å². The van der Waals surface area contributed by atoms with E-state index < -0.39 is 0 Å². The van der Waals surface area contributed by atoms with Gasteiger partial charge in [0, 0.05) is 55.5 Å². The van der Waals surface area contributed by atoms with E-state index in [1.807, 2.05) is 172 Å². The lowest BCUT2D eigenvalue weighted by atomic mass is 9.94. The van der Waals surface area contributed by atoms with Crippen LogP contribution in [0.15, 0.2) is 236 Å². The molecule has 0 fully saturated rings. The zero-order chi connectivity index (χ0) is 46.1. The van der Waals surface area contributed by atoms with Gasteiger partial charge >= 0.3 is 0 Å². The highest BCUT2D eigenvalue weighted by molar-refractivity contribution is 6.16. The van der Waals surface area contributed by atoms with Gasteiger partial charge < -0.3 is 9.80 Å². The Balaban J connectivity index is 0.00000250. The zero-order valence-corrected chi connectivity index (χ0v) is 37.8. The highest BCUT2D eigenvalue weighted by Gasteiger charge is 2.29. The minimum absolute atomic E-state index is 0.320. The van der Waals surface area contributed by atoms with Gasteiger partial charge in [-0.15, -0.1) is 5.73 Å². The molecule has 0 saturated heterocycles. The molecule has 0 radical (unpaired) electrons. The van der Waals surface area contributed by atoms with Crippen molar-refractivity contribution in [3.63, 3.8) is 0 Å². The topological polar surface area (TPSA) is 6.48 Å². The highest BCUT2D eigenvalue weighted by Crippen LogP contribution is 2.48. The second kappa shape index (κ2) is 18.0. The Bertz CT molecular complexity index is 3710. The van der Waals surface area contributed by atoms with Gasteiger partial charge in [-0.3, -0.25) is 0 Å². The number of hydrogen-bond donors (Lipinski definition) is 0. The van der Waals surface area contributed by atoms with Crippen molar-refractivity contribution in [2.75, 3.05) is 9.80 Å². The molecule has 0 spiro atoms. The molecule has 0 bridgehead atoms. The molecule has 0 aliphatic heterocycles. The zero-order valence-electron chi connectivity index (χ0n) is 37.8. The molecule has 10 aromatic rings. The van der Waals surface area contributed by atoms with E-state index in [0.29, 0.717) is 17.8 Å². The van der Waals surface area contributed by atoms with Crippen molar-refractivity contribution in [2.24, 2.45) is 0 Å². The quantitative estimate of drug-likeness (QED) is 0.126. The minimum atomic E-state index is -0.336. The van der Waals surface area contributed by atoms with Crippen molar-refractivity contribution in [2.45, 2.75) is 20.3 Å². The van der Waals surface area contributed by atoms with E-state index in [1.54, 1.807) is 12.1 Å². The highest BCUT2D eigenvalue weighted by atomic mass is 19.1. The number of anilines is 5. The van der Waals surface area contributed by atoms with Gasteiger partial charge in [0.05, 0.1) is 22.7 Å². The predicted octanol–water partition coefficient (Wildman–Crippen LogP) is 16.5. The summed E-state index contributed by atoms with van der Waals surface area (Å²) in [5, 5.41) is 5.86. The first-order valence-corrected chi connectivity index (χ1v) is 23.3. The average Bonchev–Trinajstić information content (AvgIpc) is 4.09. The lowest BCUT2D eigenvalue weighted by molar-refractivity contribution is 0.628. The minimum Gasteiger partial charge on any atom is -0.309 e. The summed E-state index contributed by atoms with van der Waals surface area (Å²) >= 11 is 0. The standard InChI is InChI=1S/C62H40F2N2.C2H6/c63-55-39-47(41-18-6-1-7-19-41)37-52(43-22-10-3-11-23-43)61(55)65(49-26-14-5-15-27-49)57-35-32-46-36-54-58(34-31-45-30-33-51(57)60(46)59(45)54)66(50-28-16-17-29-50)62-53(44-24-12-4-13-25-44)38-48(40-56(62)64)42-20-8-2-9-21-42;1-2/h1-28,30-35,37-40H,29H2;1-2H3. The largest absolute Gasteiger partial charge is 0.309 e. The fraction of sp³-hybridized carbons (Fsp3) is 0.0469. The molecule has 2 nitrogen and oxygen atoms in total. The van der Waals surface area contributed by atoms with Gasteiger partial charge in [-0.05, 0) is 99.4 Å². The Labute approximate surface area is 395 Å². The summed E-state index contributed by atoms with van der Waals surface area (Å²) in [7, 11) is 0. The van der Waals surface area contributed by atoms with Gasteiger partial charge in [-0.25, -0.2) is 8.78 Å². The van der Waals surface area contributed by atoms with E-state index in [4.69, 9.17) is 0 Å². The number of halogens is 2. The molecule has 326 valence electrons. The number of benzene rings is 10. The van der Waals surface area contributed by atoms with E-state index >= 15 is 8.78 Å². The Kier molecular flexibility index (Phi) is 11.2. The number of hydrogen-bond acceptors (Lipinski definition) is 2. The SMILES string of the molecule is CC.Fc1cc(-c2ccccc2)cc(-c2ccccc2)c1N(C1=CC=CC1)c1ccc2ccc3c(N(c4ccccc4)c4c(F)cc(-c5ccccc5)cc4-c4ccccc4)ccc4c3c2c1=C=4. The molecule has 4 heteroatoms. The van der Waals surface area contributed by atoms with Crippen molar-refractivity contribution in [1.29, 1.82) is 0 Å². The molecule has 0 atom stereocenters. The van der Waals surface area contributed by atoms with Gasteiger partial charge in [0.2, 0.25) is 0 Å². The van der Waals surface area contributed by atoms with Crippen LogP contribution in [0.25, 0.3) is 71.8 Å². The smallest absolute Gasteiger partial charge is 0.148 e. The molecule has 0 saturated carbocycles. The van der Waals surface area contributed by atoms with Crippen molar-refractivity contribution in [3.8, 4) is 44.5 Å². The van der Waals surface area contributed by atoms with Crippen LogP contribution < -0.4 is 20.2 Å². The first-order valence-electron chi connectivity index (χ1n) is 23.3. The summed E-state index contributed by atoms with van der Waals surface area (Å²) < 4.78 is 35.0. The summed E-state index contributed by atoms with van der Waals surface area (Å²) in [4.78, 5) is 4.17. The molecular formula is C64H46F2N2.